The van der Waals surface area contributed by atoms with Crippen molar-refractivity contribution in [2.75, 3.05) is 13.4 Å². The van der Waals surface area contributed by atoms with E-state index in [2.05, 4.69) is 0 Å². The summed E-state index contributed by atoms with van der Waals surface area (Å²) in [5.41, 5.74) is 0.657. The maximum atomic E-state index is 11.5. The second-order valence-electron chi connectivity index (χ2n) is 3.40. The minimum Gasteiger partial charge on any atom is -0.497 e. The Morgan fingerprint density at radius 3 is 2.62 bits per heavy atom. The summed E-state index contributed by atoms with van der Waals surface area (Å²) >= 11 is 0. The van der Waals surface area contributed by atoms with Gasteiger partial charge in [-0.2, -0.15) is 5.26 Å². The molecule has 0 unspecified atom stereocenters. The topological polar surface area (TPSA) is 67.2 Å². The van der Waals surface area contributed by atoms with Crippen molar-refractivity contribution < 1.29 is 13.2 Å². The Bertz CT molecular complexity index is 515. The van der Waals surface area contributed by atoms with E-state index < -0.39 is 9.84 Å². The van der Waals surface area contributed by atoms with E-state index in [1.54, 1.807) is 12.1 Å². The van der Waals surface area contributed by atoms with E-state index in [9.17, 15) is 8.42 Å². The lowest BCUT2D eigenvalue weighted by Crippen LogP contribution is -2.03. The van der Waals surface area contributed by atoms with E-state index in [1.165, 1.54) is 13.2 Å². The average Bonchev–Trinajstić information content (AvgIpc) is 2.25. The molecule has 0 aliphatic rings. The first-order valence-electron chi connectivity index (χ1n) is 4.73. The zero-order valence-electron chi connectivity index (χ0n) is 9.23. The molecule has 0 radical (unpaired) electrons. The van der Waals surface area contributed by atoms with Crippen LogP contribution in [0, 0.1) is 11.3 Å². The Hall–Kier alpha value is -1.54. The molecule has 0 heterocycles. The van der Waals surface area contributed by atoms with E-state index in [4.69, 9.17) is 10.00 Å². The molecule has 0 aliphatic heterocycles. The van der Waals surface area contributed by atoms with Gasteiger partial charge in [0.25, 0.3) is 0 Å². The van der Waals surface area contributed by atoms with Crippen LogP contribution in [-0.2, 0) is 16.3 Å². The molecule has 16 heavy (non-hydrogen) atoms. The van der Waals surface area contributed by atoms with Crippen LogP contribution in [0.3, 0.4) is 0 Å². The SMILES string of the molecule is COc1ccc(CCC#N)c(S(C)(=O)=O)c1. The number of nitriles is 1. The van der Waals surface area contributed by atoms with Crippen molar-refractivity contribution in [2.45, 2.75) is 17.7 Å². The van der Waals surface area contributed by atoms with Gasteiger partial charge in [-0.1, -0.05) is 6.07 Å². The molecule has 1 aromatic carbocycles. The number of nitrogens with zero attached hydrogens (tertiary/aromatic N) is 1. The normalized spacial score (nSPS) is 10.8. The number of hydrogen-bond acceptors (Lipinski definition) is 4. The summed E-state index contributed by atoms with van der Waals surface area (Å²) in [6.45, 7) is 0. The van der Waals surface area contributed by atoms with Gasteiger partial charge in [0.15, 0.2) is 9.84 Å². The maximum Gasteiger partial charge on any atom is 0.175 e. The van der Waals surface area contributed by atoms with Crippen molar-refractivity contribution in [3.8, 4) is 11.8 Å². The molecule has 1 aromatic rings. The van der Waals surface area contributed by atoms with Crippen LogP contribution >= 0.6 is 0 Å². The molecular formula is C11H13NO3S. The van der Waals surface area contributed by atoms with Crippen molar-refractivity contribution in [1.29, 1.82) is 5.26 Å². The second kappa shape index (κ2) is 4.99. The molecule has 0 atom stereocenters. The first-order valence-corrected chi connectivity index (χ1v) is 6.62. The lowest BCUT2D eigenvalue weighted by Gasteiger charge is -2.08. The first-order chi connectivity index (χ1) is 7.49. The molecule has 86 valence electrons. The molecule has 0 N–H and O–H groups in total. The Balaban J connectivity index is 3.23. The summed E-state index contributed by atoms with van der Waals surface area (Å²) < 4.78 is 28.1. The molecule has 0 saturated carbocycles. The lowest BCUT2D eigenvalue weighted by atomic mass is 10.1. The predicted octanol–water partition coefficient (Wildman–Crippen LogP) is 1.55. The fraction of sp³-hybridized carbons (Fsp3) is 0.364. The minimum absolute atomic E-state index is 0.238. The van der Waals surface area contributed by atoms with E-state index >= 15 is 0 Å². The highest BCUT2D eigenvalue weighted by atomic mass is 32.2. The van der Waals surface area contributed by atoms with Gasteiger partial charge in [-0.3, -0.25) is 0 Å². The molecule has 5 heteroatoms. The van der Waals surface area contributed by atoms with Gasteiger partial charge in [-0.25, -0.2) is 8.42 Å². The summed E-state index contributed by atoms with van der Waals surface area (Å²) in [6, 6.07) is 6.87. The van der Waals surface area contributed by atoms with Crippen molar-refractivity contribution >= 4 is 9.84 Å². The summed E-state index contributed by atoms with van der Waals surface area (Å²) in [5, 5.41) is 8.50. The molecule has 4 nitrogen and oxygen atoms in total. The zero-order chi connectivity index (χ0) is 12.2. The highest BCUT2D eigenvalue weighted by Gasteiger charge is 2.14. The second-order valence-corrected chi connectivity index (χ2v) is 5.39. The van der Waals surface area contributed by atoms with Crippen LogP contribution < -0.4 is 4.74 Å². The summed E-state index contributed by atoms with van der Waals surface area (Å²) in [4.78, 5) is 0.238. The number of ether oxygens (including phenoxy) is 1. The highest BCUT2D eigenvalue weighted by molar-refractivity contribution is 7.90. The van der Waals surface area contributed by atoms with Crippen molar-refractivity contribution in [3.63, 3.8) is 0 Å². The smallest absolute Gasteiger partial charge is 0.175 e. The lowest BCUT2D eigenvalue weighted by molar-refractivity contribution is 0.413. The van der Waals surface area contributed by atoms with Crippen LogP contribution in [0.25, 0.3) is 0 Å². The largest absolute Gasteiger partial charge is 0.497 e. The van der Waals surface area contributed by atoms with Crippen LogP contribution in [0.15, 0.2) is 23.1 Å². The predicted molar refractivity (Wildman–Crippen MR) is 60.0 cm³/mol. The van der Waals surface area contributed by atoms with Crippen molar-refractivity contribution in [3.05, 3.63) is 23.8 Å². The molecular weight excluding hydrogens is 226 g/mol. The summed E-state index contributed by atoms with van der Waals surface area (Å²) in [7, 11) is -1.80. The van der Waals surface area contributed by atoms with Crippen LogP contribution in [0.1, 0.15) is 12.0 Å². The van der Waals surface area contributed by atoms with Crippen molar-refractivity contribution in [2.24, 2.45) is 0 Å². The van der Waals surface area contributed by atoms with Gasteiger partial charge >= 0.3 is 0 Å². The van der Waals surface area contributed by atoms with Gasteiger partial charge < -0.3 is 4.74 Å². The van der Waals surface area contributed by atoms with E-state index in [0.29, 0.717) is 24.2 Å². The molecule has 0 aliphatic carbocycles. The number of benzene rings is 1. The standard InChI is InChI=1S/C11H13NO3S/c1-15-10-6-5-9(4-3-7-12)11(8-10)16(2,13)14/h5-6,8H,3-4H2,1-2H3. The van der Waals surface area contributed by atoms with Crippen molar-refractivity contribution in [1.82, 2.24) is 0 Å². The molecule has 0 bridgehead atoms. The quantitative estimate of drug-likeness (QED) is 0.799. The van der Waals surface area contributed by atoms with Gasteiger partial charge in [0.1, 0.15) is 5.75 Å². The number of sulfone groups is 1. The molecule has 0 spiro atoms. The number of rotatable bonds is 4. The molecule has 0 aromatic heterocycles. The third-order valence-electron chi connectivity index (χ3n) is 2.18. The van der Waals surface area contributed by atoms with E-state index in [-0.39, 0.29) is 4.90 Å². The van der Waals surface area contributed by atoms with Gasteiger partial charge in [-0.05, 0) is 24.1 Å². The monoisotopic (exact) mass is 239 g/mol. The first kappa shape index (κ1) is 12.5. The average molecular weight is 239 g/mol. The van der Waals surface area contributed by atoms with Crippen LogP contribution in [0.5, 0.6) is 5.75 Å². The van der Waals surface area contributed by atoms with Gasteiger partial charge in [0, 0.05) is 12.7 Å². The number of aryl methyl sites for hydroxylation is 1. The highest BCUT2D eigenvalue weighted by Crippen LogP contribution is 2.23. The molecule has 0 fully saturated rings. The summed E-state index contributed by atoms with van der Waals surface area (Å²) in [5.74, 6) is 0.501. The summed E-state index contributed by atoms with van der Waals surface area (Å²) in [6.07, 6.45) is 1.88. The molecule has 1 rings (SSSR count). The Kier molecular flexibility index (Phi) is 3.91. The Morgan fingerprint density at radius 1 is 1.44 bits per heavy atom. The zero-order valence-corrected chi connectivity index (χ0v) is 10.0. The van der Waals surface area contributed by atoms with Gasteiger partial charge in [0.2, 0.25) is 0 Å². The van der Waals surface area contributed by atoms with Crippen LogP contribution in [0.2, 0.25) is 0 Å². The van der Waals surface area contributed by atoms with E-state index in [1.807, 2.05) is 6.07 Å². The number of hydrogen-bond donors (Lipinski definition) is 0. The fourth-order valence-electron chi connectivity index (χ4n) is 1.40. The fourth-order valence-corrected chi connectivity index (χ4v) is 2.38. The minimum atomic E-state index is -3.29. The maximum absolute atomic E-state index is 11.5. The third kappa shape index (κ3) is 2.97. The van der Waals surface area contributed by atoms with Gasteiger partial charge in [-0.15, -0.1) is 0 Å². The Labute approximate surface area is 95.4 Å². The van der Waals surface area contributed by atoms with E-state index in [0.717, 1.165) is 6.26 Å². The Morgan fingerprint density at radius 2 is 2.12 bits per heavy atom. The molecule has 0 amide bonds. The van der Waals surface area contributed by atoms with Gasteiger partial charge in [0.05, 0.1) is 18.1 Å². The van der Waals surface area contributed by atoms with Crippen LogP contribution in [0.4, 0.5) is 0 Å². The van der Waals surface area contributed by atoms with Crippen LogP contribution in [-0.4, -0.2) is 21.8 Å². The number of methoxy groups -OCH3 is 1. The molecule has 0 saturated heterocycles. The third-order valence-corrected chi connectivity index (χ3v) is 3.36.